The summed E-state index contributed by atoms with van der Waals surface area (Å²) in [5.74, 6) is -0.413. The number of carbonyl (C=O) groups excluding carboxylic acids is 3. The number of aryl methyl sites for hydroxylation is 1. The number of aromatic nitrogens is 2. The molecule has 1 fully saturated rings. The quantitative estimate of drug-likeness (QED) is 0.662. The summed E-state index contributed by atoms with van der Waals surface area (Å²) in [7, 11) is 1.78. The van der Waals surface area contributed by atoms with E-state index in [4.69, 9.17) is 4.74 Å². The molecule has 1 aromatic carbocycles. The third kappa shape index (κ3) is 2.45. The largest absolute Gasteiger partial charge is 0.486 e. The number of amides is 2. The smallest absolute Gasteiger partial charge is 0.235 e. The van der Waals surface area contributed by atoms with Crippen molar-refractivity contribution < 1.29 is 19.1 Å². The molecule has 1 N–H and O–H groups in total. The molecule has 2 heterocycles. The van der Waals surface area contributed by atoms with Gasteiger partial charge >= 0.3 is 0 Å². The van der Waals surface area contributed by atoms with Crippen LogP contribution in [-0.4, -0.2) is 34.5 Å². The van der Waals surface area contributed by atoms with Crippen LogP contribution in [0, 0.1) is 0 Å². The second-order valence-corrected chi connectivity index (χ2v) is 5.17. The van der Waals surface area contributed by atoms with Crippen LogP contribution in [-0.2, 0) is 21.4 Å². The predicted octanol–water partition coefficient (Wildman–Crippen LogP) is 0.671. The van der Waals surface area contributed by atoms with Crippen molar-refractivity contribution in [3.8, 4) is 5.75 Å². The molecule has 1 unspecified atom stereocenters. The Bertz CT molecular complexity index is 765. The van der Waals surface area contributed by atoms with E-state index in [9.17, 15) is 14.4 Å². The maximum Gasteiger partial charge on any atom is 0.235 e. The lowest BCUT2D eigenvalue weighted by Gasteiger charge is -2.19. The average Bonchev–Trinajstić information content (AvgIpc) is 2.82. The SMILES string of the molecule is Cn1nc(C2CCC(=O)NC2=O)c2ccc(OCC=O)cc21. The number of benzene rings is 1. The molecule has 1 atom stereocenters. The Hall–Kier alpha value is -2.70. The highest BCUT2D eigenvalue weighted by Crippen LogP contribution is 2.31. The lowest BCUT2D eigenvalue weighted by atomic mass is 9.93. The number of nitrogens with one attached hydrogen (secondary N) is 1. The molecule has 22 heavy (non-hydrogen) atoms. The van der Waals surface area contributed by atoms with Crippen LogP contribution in [0.4, 0.5) is 0 Å². The first-order chi connectivity index (χ1) is 10.6. The lowest BCUT2D eigenvalue weighted by molar-refractivity contribution is -0.134. The van der Waals surface area contributed by atoms with E-state index in [1.807, 2.05) is 6.07 Å². The highest BCUT2D eigenvalue weighted by Gasteiger charge is 2.31. The monoisotopic (exact) mass is 301 g/mol. The number of piperidine rings is 1. The van der Waals surface area contributed by atoms with Crippen LogP contribution < -0.4 is 10.1 Å². The summed E-state index contributed by atoms with van der Waals surface area (Å²) in [4.78, 5) is 33.7. The third-order valence-corrected chi connectivity index (χ3v) is 3.74. The topological polar surface area (TPSA) is 90.3 Å². The highest BCUT2D eigenvalue weighted by atomic mass is 16.5. The molecule has 1 aliphatic heterocycles. The van der Waals surface area contributed by atoms with Gasteiger partial charge in [-0.25, -0.2) is 0 Å². The summed E-state index contributed by atoms with van der Waals surface area (Å²) in [5, 5.41) is 7.62. The van der Waals surface area contributed by atoms with E-state index < -0.39 is 5.92 Å². The molecular formula is C15H15N3O4. The summed E-state index contributed by atoms with van der Waals surface area (Å²) in [6.45, 7) is -0.0106. The molecule has 1 saturated heterocycles. The summed E-state index contributed by atoms with van der Waals surface area (Å²) >= 11 is 0. The van der Waals surface area contributed by atoms with Crippen molar-refractivity contribution in [2.45, 2.75) is 18.8 Å². The van der Waals surface area contributed by atoms with Gasteiger partial charge in [0, 0.05) is 24.9 Å². The Kier molecular flexibility index (Phi) is 3.62. The number of hydrogen-bond donors (Lipinski definition) is 1. The minimum Gasteiger partial charge on any atom is -0.486 e. The Morgan fingerprint density at radius 1 is 1.45 bits per heavy atom. The molecule has 3 rings (SSSR count). The number of carbonyl (C=O) groups is 3. The van der Waals surface area contributed by atoms with E-state index in [1.54, 1.807) is 23.9 Å². The summed E-state index contributed by atoms with van der Waals surface area (Å²) in [6.07, 6.45) is 1.46. The normalized spacial score (nSPS) is 18.3. The molecule has 2 amide bonds. The third-order valence-electron chi connectivity index (χ3n) is 3.74. The van der Waals surface area contributed by atoms with Gasteiger partial charge in [-0.15, -0.1) is 0 Å². The van der Waals surface area contributed by atoms with Crippen molar-refractivity contribution in [3.05, 3.63) is 23.9 Å². The molecule has 0 spiro atoms. The molecule has 0 saturated carbocycles. The standard InChI is InChI=1S/C15H15N3O4/c1-18-12-8-9(22-7-6-19)2-3-10(12)14(17-18)11-4-5-13(20)16-15(11)21/h2-3,6,8,11H,4-5,7H2,1H3,(H,16,20,21). The zero-order chi connectivity index (χ0) is 15.7. The molecular weight excluding hydrogens is 286 g/mol. The van der Waals surface area contributed by atoms with E-state index in [-0.39, 0.29) is 18.4 Å². The summed E-state index contributed by atoms with van der Waals surface area (Å²) in [6, 6.07) is 5.34. The van der Waals surface area contributed by atoms with E-state index in [0.29, 0.717) is 30.6 Å². The fourth-order valence-corrected chi connectivity index (χ4v) is 2.70. The number of nitrogens with zero attached hydrogens (tertiary/aromatic N) is 2. The predicted molar refractivity (Wildman–Crippen MR) is 77.4 cm³/mol. The molecule has 7 heteroatoms. The van der Waals surface area contributed by atoms with E-state index in [0.717, 1.165) is 10.9 Å². The van der Waals surface area contributed by atoms with Crippen LogP contribution in [0.3, 0.4) is 0 Å². The van der Waals surface area contributed by atoms with Crippen molar-refractivity contribution in [3.63, 3.8) is 0 Å². The first kappa shape index (κ1) is 14.2. The summed E-state index contributed by atoms with van der Waals surface area (Å²) < 4.78 is 6.94. The van der Waals surface area contributed by atoms with Gasteiger partial charge in [-0.2, -0.15) is 5.10 Å². The Morgan fingerprint density at radius 2 is 2.27 bits per heavy atom. The zero-order valence-electron chi connectivity index (χ0n) is 12.0. The van der Waals surface area contributed by atoms with Crippen molar-refractivity contribution >= 4 is 29.0 Å². The number of imide groups is 1. The van der Waals surface area contributed by atoms with Gasteiger partial charge in [0.1, 0.15) is 12.4 Å². The van der Waals surface area contributed by atoms with Gasteiger partial charge < -0.3 is 4.74 Å². The molecule has 2 aromatic rings. The zero-order valence-corrected chi connectivity index (χ0v) is 12.0. The number of ether oxygens (including phenoxy) is 1. The van der Waals surface area contributed by atoms with Gasteiger partial charge in [-0.1, -0.05) is 0 Å². The van der Waals surface area contributed by atoms with Crippen molar-refractivity contribution in [1.82, 2.24) is 15.1 Å². The highest BCUT2D eigenvalue weighted by molar-refractivity contribution is 6.02. The van der Waals surface area contributed by atoms with Gasteiger partial charge in [0.2, 0.25) is 11.8 Å². The Balaban J connectivity index is 1.99. The van der Waals surface area contributed by atoms with Crippen LogP contribution in [0.1, 0.15) is 24.5 Å². The minimum atomic E-state index is -0.428. The summed E-state index contributed by atoms with van der Waals surface area (Å²) in [5.41, 5.74) is 1.47. The number of hydrogen-bond acceptors (Lipinski definition) is 5. The van der Waals surface area contributed by atoms with E-state index in [2.05, 4.69) is 10.4 Å². The Labute approximate surface area is 126 Å². The van der Waals surface area contributed by atoms with Gasteiger partial charge in [-0.05, 0) is 18.6 Å². The molecule has 0 bridgehead atoms. The fraction of sp³-hybridized carbons (Fsp3) is 0.333. The maximum atomic E-state index is 12.0. The fourth-order valence-electron chi connectivity index (χ4n) is 2.70. The van der Waals surface area contributed by atoms with Gasteiger partial charge in [-0.3, -0.25) is 24.4 Å². The van der Waals surface area contributed by atoms with Crippen molar-refractivity contribution in [2.24, 2.45) is 7.05 Å². The molecule has 114 valence electrons. The van der Waals surface area contributed by atoms with Crippen LogP contribution >= 0.6 is 0 Å². The molecule has 7 nitrogen and oxygen atoms in total. The van der Waals surface area contributed by atoms with Crippen molar-refractivity contribution in [1.29, 1.82) is 0 Å². The first-order valence-corrected chi connectivity index (χ1v) is 6.97. The number of aldehydes is 1. The molecule has 1 aliphatic rings. The van der Waals surface area contributed by atoms with E-state index in [1.165, 1.54) is 0 Å². The molecule has 0 aliphatic carbocycles. The minimum absolute atomic E-state index is 0.0106. The van der Waals surface area contributed by atoms with Gasteiger partial charge in [0.25, 0.3) is 0 Å². The van der Waals surface area contributed by atoms with E-state index >= 15 is 0 Å². The average molecular weight is 301 g/mol. The van der Waals surface area contributed by atoms with Gasteiger partial charge in [0.15, 0.2) is 6.29 Å². The van der Waals surface area contributed by atoms with Crippen LogP contribution in [0.25, 0.3) is 10.9 Å². The number of fused-ring (bicyclic) bond motifs is 1. The maximum absolute atomic E-state index is 12.0. The number of rotatable bonds is 4. The first-order valence-electron chi connectivity index (χ1n) is 6.97. The molecule has 0 radical (unpaired) electrons. The van der Waals surface area contributed by atoms with Crippen LogP contribution in [0.15, 0.2) is 18.2 Å². The molecule has 1 aromatic heterocycles. The van der Waals surface area contributed by atoms with Crippen molar-refractivity contribution in [2.75, 3.05) is 6.61 Å². The Morgan fingerprint density at radius 3 is 3.00 bits per heavy atom. The van der Waals surface area contributed by atoms with Crippen LogP contribution in [0.2, 0.25) is 0 Å². The lowest BCUT2D eigenvalue weighted by Crippen LogP contribution is -2.39. The second-order valence-electron chi connectivity index (χ2n) is 5.17. The second kappa shape index (κ2) is 5.59. The van der Waals surface area contributed by atoms with Crippen LogP contribution in [0.5, 0.6) is 5.75 Å². The van der Waals surface area contributed by atoms with Gasteiger partial charge in [0.05, 0.1) is 17.1 Å².